The lowest BCUT2D eigenvalue weighted by atomic mass is 10.2. The number of hydrogen-bond donors (Lipinski definition) is 1. The molecule has 0 saturated carbocycles. The van der Waals surface area contributed by atoms with Gasteiger partial charge in [-0.2, -0.15) is 5.10 Å². The zero-order valence-corrected chi connectivity index (χ0v) is 14.3. The first kappa shape index (κ1) is 19.0. The lowest BCUT2D eigenvalue weighted by molar-refractivity contribution is -0.384. The second-order valence-electron chi connectivity index (χ2n) is 5.79. The third-order valence-corrected chi connectivity index (χ3v) is 3.91. The van der Waals surface area contributed by atoms with Crippen molar-refractivity contribution in [2.75, 3.05) is 26.2 Å². The minimum absolute atomic E-state index is 0.0572. The van der Waals surface area contributed by atoms with Crippen molar-refractivity contribution in [3.8, 4) is 0 Å². The number of hydrogen-bond acceptors (Lipinski definition) is 6. The predicted molar refractivity (Wildman–Crippen MR) is 92.5 cm³/mol. The Morgan fingerprint density at radius 3 is 2.38 bits per heavy atom. The molecule has 0 bridgehead atoms. The molecule has 1 N–H and O–H groups in total. The average molecular weight is 361 g/mol. The monoisotopic (exact) mass is 361 g/mol. The van der Waals surface area contributed by atoms with E-state index in [9.17, 15) is 24.5 Å². The summed E-state index contributed by atoms with van der Waals surface area (Å²) >= 11 is 0. The molecule has 0 aliphatic carbocycles. The van der Waals surface area contributed by atoms with Crippen LogP contribution in [0.25, 0.3) is 0 Å². The molecule has 1 heterocycles. The summed E-state index contributed by atoms with van der Waals surface area (Å²) in [5, 5.41) is 14.5. The average Bonchev–Trinajstić information content (AvgIpc) is 2.66. The van der Waals surface area contributed by atoms with Gasteiger partial charge in [-0.1, -0.05) is 0 Å². The van der Waals surface area contributed by atoms with E-state index in [-0.39, 0.29) is 23.6 Å². The highest BCUT2D eigenvalue weighted by Gasteiger charge is 2.20. The second kappa shape index (κ2) is 8.70. The molecule has 1 aromatic rings. The van der Waals surface area contributed by atoms with Crippen molar-refractivity contribution in [3.63, 3.8) is 0 Å². The summed E-state index contributed by atoms with van der Waals surface area (Å²) in [7, 11) is 0. The van der Waals surface area contributed by atoms with Gasteiger partial charge in [-0.05, 0) is 19.1 Å². The molecule has 1 saturated heterocycles. The van der Waals surface area contributed by atoms with Gasteiger partial charge in [0.05, 0.1) is 11.3 Å². The fraction of sp³-hybridized carbons (Fsp3) is 0.375. The SMILES string of the molecule is C/C(CC(=O)N1CCN(C=O)CC1)=N/NC(=O)c1ccc([N+](=O)[O-])cc1. The second-order valence-corrected chi connectivity index (χ2v) is 5.79. The Labute approximate surface area is 149 Å². The molecule has 0 unspecified atom stereocenters. The summed E-state index contributed by atoms with van der Waals surface area (Å²) in [5.41, 5.74) is 2.87. The minimum atomic E-state index is -0.551. The zero-order valence-electron chi connectivity index (χ0n) is 14.3. The molecule has 1 aromatic carbocycles. The Morgan fingerprint density at radius 2 is 1.85 bits per heavy atom. The highest BCUT2D eigenvalue weighted by atomic mass is 16.6. The molecule has 26 heavy (non-hydrogen) atoms. The van der Waals surface area contributed by atoms with Crippen LogP contribution in [-0.2, 0) is 9.59 Å². The van der Waals surface area contributed by atoms with E-state index in [1.54, 1.807) is 16.7 Å². The van der Waals surface area contributed by atoms with Crippen LogP contribution in [0.4, 0.5) is 5.69 Å². The van der Waals surface area contributed by atoms with Crippen LogP contribution < -0.4 is 5.43 Å². The van der Waals surface area contributed by atoms with E-state index in [0.29, 0.717) is 31.9 Å². The van der Waals surface area contributed by atoms with E-state index in [1.807, 2.05) is 0 Å². The van der Waals surface area contributed by atoms with Crippen LogP contribution in [-0.4, -0.2) is 64.8 Å². The molecular weight excluding hydrogens is 342 g/mol. The molecule has 1 aliphatic rings. The molecule has 0 spiro atoms. The third kappa shape index (κ3) is 5.10. The first-order valence-electron chi connectivity index (χ1n) is 7.96. The quantitative estimate of drug-likeness (QED) is 0.340. The smallest absolute Gasteiger partial charge is 0.271 e. The number of piperazine rings is 1. The zero-order chi connectivity index (χ0) is 19.1. The normalized spacial score (nSPS) is 14.7. The van der Waals surface area contributed by atoms with Crippen LogP contribution in [0, 0.1) is 10.1 Å². The van der Waals surface area contributed by atoms with Crippen LogP contribution in [0.5, 0.6) is 0 Å². The van der Waals surface area contributed by atoms with Crippen LogP contribution in [0.1, 0.15) is 23.7 Å². The minimum Gasteiger partial charge on any atom is -0.342 e. The van der Waals surface area contributed by atoms with E-state index < -0.39 is 10.8 Å². The van der Waals surface area contributed by atoms with Crippen molar-refractivity contribution in [1.82, 2.24) is 15.2 Å². The number of nitro groups is 1. The predicted octanol–water partition coefficient (Wildman–Crippen LogP) is 0.391. The molecule has 3 amide bonds. The first-order chi connectivity index (χ1) is 12.4. The van der Waals surface area contributed by atoms with Crippen LogP contribution in [0.3, 0.4) is 0 Å². The number of amides is 3. The summed E-state index contributed by atoms with van der Waals surface area (Å²) in [6.45, 7) is 3.57. The number of benzene rings is 1. The van der Waals surface area contributed by atoms with Crippen molar-refractivity contribution in [1.29, 1.82) is 0 Å². The molecule has 1 fully saturated rings. The van der Waals surface area contributed by atoms with Gasteiger partial charge in [-0.15, -0.1) is 0 Å². The first-order valence-corrected chi connectivity index (χ1v) is 7.96. The highest BCUT2D eigenvalue weighted by molar-refractivity contribution is 6.01. The van der Waals surface area contributed by atoms with Crippen molar-refractivity contribution < 1.29 is 19.3 Å². The van der Waals surface area contributed by atoms with Gasteiger partial charge in [0.2, 0.25) is 12.3 Å². The van der Waals surface area contributed by atoms with Crippen molar-refractivity contribution in [3.05, 3.63) is 39.9 Å². The number of non-ortho nitro benzene ring substituents is 1. The largest absolute Gasteiger partial charge is 0.342 e. The number of nitrogens with one attached hydrogen (secondary N) is 1. The molecule has 10 nitrogen and oxygen atoms in total. The summed E-state index contributed by atoms with van der Waals surface area (Å²) in [6.07, 6.45) is 0.823. The molecule has 138 valence electrons. The number of hydrazone groups is 1. The molecule has 1 aliphatic heterocycles. The fourth-order valence-corrected chi connectivity index (χ4v) is 2.39. The van der Waals surface area contributed by atoms with Crippen LogP contribution in [0.15, 0.2) is 29.4 Å². The molecular formula is C16H19N5O5. The van der Waals surface area contributed by atoms with E-state index in [1.165, 1.54) is 24.3 Å². The van der Waals surface area contributed by atoms with Crippen LogP contribution in [0.2, 0.25) is 0 Å². The number of carbonyl (C=O) groups is 3. The van der Waals surface area contributed by atoms with Gasteiger partial charge in [-0.25, -0.2) is 5.43 Å². The van der Waals surface area contributed by atoms with Gasteiger partial charge in [0.25, 0.3) is 11.6 Å². The van der Waals surface area contributed by atoms with Crippen molar-refractivity contribution >= 4 is 29.6 Å². The highest BCUT2D eigenvalue weighted by Crippen LogP contribution is 2.11. The Bertz CT molecular complexity index is 723. The Hall–Kier alpha value is -3.30. The van der Waals surface area contributed by atoms with Gasteiger partial charge in [0.15, 0.2) is 0 Å². The van der Waals surface area contributed by atoms with Gasteiger partial charge in [0, 0.05) is 49.6 Å². The lowest BCUT2D eigenvalue weighted by Crippen LogP contribution is -2.48. The topological polar surface area (TPSA) is 125 Å². The third-order valence-electron chi connectivity index (χ3n) is 3.91. The van der Waals surface area contributed by atoms with E-state index in [2.05, 4.69) is 10.5 Å². The summed E-state index contributed by atoms with van der Waals surface area (Å²) < 4.78 is 0. The van der Waals surface area contributed by atoms with Gasteiger partial charge < -0.3 is 9.80 Å². The lowest BCUT2D eigenvalue weighted by Gasteiger charge is -2.32. The maximum absolute atomic E-state index is 12.2. The van der Waals surface area contributed by atoms with Gasteiger partial charge in [-0.3, -0.25) is 24.5 Å². The van der Waals surface area contributed by atoms with Gasteiger partial charge in [0.1, 0.15) is 0 Å². The fourth-order valence-electron chi connectivity index (χ4n) is 2.39. The molecule has 10 heteroatoms. The Kier molecular flexibility index (Phi) is 6.36. The molecule has 0 atom stereocenters. The summed E-state index contributed by atoms with van der Waals surface area (Å²) in [5.74, 6) is -0.646. The standard InChI is InChI=1S/C16H19N5O5/c1-12(10-15(23)20-8-6-19(11-22)7-9-20)17-18-16(24)13-2-4-14(5-3-13)21(25)26/h2-5,11H,6-10H2,1H3,(H,18,24)/b17-12-. The number of nitrogens with zero attached hydrogens (tertiary/aromatic N) is 4. The van der Waals surface area contributed by atoms with Gasteiger partial charge >= 0.3 is 0 Å². The number of carbonyl (C=O) groups excluding carboxylic acids is 3. The van der Waals surface area contributed by atoms with Crippen molar-refractivity contribution in [2.24, 2.45) is 5.10 Å². The maximum Gasteiger partial charge on any atom is 0.271 e. The molecule has 2 rings (SSSR count). The van der Waals surface area contributed by atoms with E-state index in [0.717, 1.165) is 6.41 Å². The molecule has 0 radical (unpaired) electrons. The maximum atomic E-state index is 12.2. The Morgan fingerprint density at radius 1 is 1.23 bits per heavy atom. The molecule has 0 aromatic heterocycles. The summed E-state index contributed by atoms with van der Waals surface area (Å²) in [6, 6.07) is 5.12. The number of rotatable bonds is 6. The number of nitro benzene ring substituents is 1. The van der Waals surface area contributed by atoms with E-state index in [4.69, 9.17) is 0 Å². The Balaban J connectivity index is 1.85. The van der Waals surface area contributed by atoms with Crippen LogP contribution >= 0.6 is 0 Å². The van der Waals surface area contributed by atoms with E-state index >= 15 is 0 Å². The van der Waals surface area contributed by atoms with Crippen molar-refractivity contribution in [2.45, 2.75) is 13.3 Å². The summed E-state index contributed by atoms with van der Waals surface area (Å²) in [4.78, 5) is 48.1.